The van der Waals surface area contributed by atoms with E-state index < -0.39 is 128 Å². The molecule has 7 atom stereocenters. The molecule has 64 heavy (non-hydrogen) atoms. The van der Waals surface area contributed by atoms with Crippen LogP contribution in [0, 0.1) is 11.8 Å². The zero-order valence-corrected chi connectivity index (χ0v) is 36.5. The number of fused-ring (bicyclic) bond motifs is 3. The van der Waals surface area contributed by atoms with E-state index in [9.17, 15) is 48.3 Å². The molecule has 6 amide bonds. The van der Waals surface area contributed by atoms with Gasteiger partial charge in [-0.15, -0.1) is 0 Å². The molecule has 2 aromatic rings. The van der Waals surface area contributed by atoms with Crippen molar-refractivity contribution in [2.45, 2.75) is 115 Å². The van der Waals surface area contributed by atoms with Crippen molar-refractivity contribution in [3.8, 4) is 11.1 Å². The van der Waals surface area contributed by atoms with E-state index in [0.29, 0.717) is 0 Å². The van der Waals surface area contributed by atoms with Crippen LogP contribution in [-0.4, -0.2) is 119 Å². The Morgan fingerprint density at radius 2 is 1.28 bits per heavy atom. The molecule has 0 bridgehead atoms. The van der Waals surface area contributed by atoms with Crippen molar-refractivity contribution < 1.29 is 62.8 Å². The molecular formula is C43H60N8O13. The molecule has 0 unspecified atom stereocenters. The van der Waals surface area contributed by atoms with Crippen molar-refractivity contribution in [2.75, 3.05) is 13.2 Å². The first-order valence-electron chi connectivity index (χ1n) is 20.8. The van der Waals surface area contributed by atoms with Gasteiger partial charge in [0.2, 0.25) is 29.5 Å². The standard InChI is InChI=1S/C43H60N8O13/c1-21(2)16-29(44)33(19-47-31(18-36(55)56)40(59)48-23(5)39(58)49-30(38(46)57)14-15-35(53)54)64-42(61)32(17-34(45)52)50-41(60)37(22(3)4)51-43(62)63-20-28-26-12-8-6-10-24(26)25-11-7-9-13-27(25)28/h6-13,21-23,28-33,37,47H,14-20,44H2,1-5H3,(H2,45,52)(H2,46,57)(H,48,59)(H,49,58)(H,50,60)(H,51,62)(H,53,54)(H,55,56)/t23-,29-,30-,31-,32-,33-,37-/m0/s1. The lowest BCUT2D eigenvalue weighted by molar-refractivity contribution is -0.155. The van der Waals surface area contributed by atoms with Crippen LogP contribution in [0.1, 0.15) is 83.8 Å². The summed E-state index contributed by atoms with van der Waals surface area (Å²) < 4.78 is 11.3. The minimum atomic E-state index is -1.68. The third-order valence-electron chi connectivity index (χ3n) is 10.4. The molecule has 0 saturated carbocycles. The second-order valence-corrected chi connectivity index (χ2v) is 16.4. The Bertz CT molecular complexity index is 1980. The first kappa shape index (κ1) is 51.7. The number of carboxylic acid groups (broad SMARTS) is 2. The minimum Gasteiger partial charge on any atom is -0.481 e. The van der Waals surface area contributed by atoms with Crippen molar-refractivity contribution in [2.24, 2.45) is 29.0 Å². The second kappa shape index (κ2) is 24.3. The minimum absolute atomic E-state index is 0.0358. The lowest BCUT2D eigenvalue weighted by Gasteiger charge is -2.30. The maximum absolute atomic E-state index is 13.8. The number of carbonyl (C=O) groups is 9. The van der Waals surface area contributed by atoms with Gasteiger partial charge in [0.25, 0.3) is 0 Å². The first-order valence-corrected chi connectivity index (χ1v) is 20.8. The predicted octanol–water partition coefficient (Wildman–Crippen LogP) is -0.0324. The van der Waals surface area contributed by atoms with Gasteiger partial charge < -0.3 is 63.5 Å². The molecule has 1 aliphatic carbocycles. The van der Waals surface area contributed by atoms with Crippen molar-refractivity contribution in [3.05, 3.63) is 59.7 Å². The van der Waals surface area contributed by atoms with Crippen LogP contribution in [0.3, 0.4) is 0 Å². The largest absolute Gasteiger partial charge is 0.481 e. The maximum atomic E-state index is 13.8. The molecule has 350 valence electrons. The molecule has 21 nitrogen and oxygen atoms in total. The fraction of sp³-hybridized carbons (Fsp3) is 0.512. The average Bonchev–Trinajstić information content (AvgIpc) is 3.53. The summed E-state index contributed by atoms with van der Waals surface area (Å²) >= 11 is 0. The monoisotopic (exact) mass is 896 g/mol. The van der Waals surface area contributed by atoms with Crippen LogP contribution in [0.5, 0.6) is 0 Å². The van der Waals surface area contributed by atoms with E-state index in [-0.39, 0.29) is 31.3 Å². The van der Waals surface area contributed by atoms with Gasteiger partial charge in [-0.05, 0) is 53.9 Å². The molecule has 13 N–H and O–H groups in total. The molecule has 3 rings (SSSR count). The normalized spacial score (nSPS) is 15.2. The number of aliphatic carboxylic acids is 2. The van der Waals surface area contributed by atoms with Gasteiger partial charge in [0, 0.05) is 24.9 Å². The molecule has 0 radical (unpaired) electrons. The van der Waals surface area contributed by atoms with Gasteiger partial charge >= 0.3 is 24.0 Å². The Balaban J connectivity index is 1.72. The van der Waals surface area contributed by atoms with Gasteiger partial charge in [-0.25, -0.2) is 9.59 Å². The predicted molar refractivity (Wildman–Crippen MR) is 230 cm³/mol. The maximum Gasteiger partial charge on any atom is 0.407 e. The average molecular weight is 897 g/mol. The summed E-state index contributed by atoms with van der Waals surface area (Å²) in [5.41, 5.74) is 21.2. The van der Waals surface area contributed by atoms with E-state index in [2.05, 4.69) is 26.6 Å². The van der Waals surface area contributed by atoms with E-state index in [4.69, 9.17) is 31.8 Å². The summed E-state index contributed by atoms with van der Waals surface area (Å²) in [6.45, 7) is 7.70. The fourth-order valence-electron chi connectivity index (χ4n) is 7.09. The van der Waals surface area contributed by atoms with Crippen LogP contribution in [0.2, 0.25) is 0 Å². The molecule has 0 saturated heterocycles. The summed E-state index contributed by atoms with van der Waals surface area (Å²) in [7, 11) is 0. The van der Waals surface area contributed by atoms with Crippen LogP contribution < -0.4 is 43.8 Å². The fourth-order valence-corrected chi connectivity index (χ4v) is 7.09. The number of carboxylic acids is 2. The number of primary amides is 2. The summed E-state index contributed by atoms with van der Waals surface area (Å²) in [6.07, 6.45) is -4.31. The molecule has 0 spiro atoms. The number of alkyl carbamates (subject to hydrolysis) is 1. The molecule has 0 fully saturated rings. The molecule has 0 aromatic heterocycles. The smallest absolute Gasteiger partial charge is 0.407 e. The van der Waals surface area contributed by atoms with Crippen LogP contribution >= 0.6 is 0 Å². The highest BCUT2D eigenvalue weighted by Crippen LogP contribution is 2.44. The summed E-state index contributed by atoms with van der Waals surface area (Å²) in [6, 6.07) is 7.36. The number of carbonyl (C=O) groups excluding carboxylic acids is 7. The summed E-state index contributed by atoms with van der Waals surface area (Å²) in [4.78, 5) is 113. The van der Waals surface area contributed by atoms with Crippen LogP contribution in [0.4, 0.5) is 4.79 Å². The van der Waals surface area contributed by atoms with Crippen LogP contribution in [-0.2, 0) is 47.8 Å². The third kappa shape index (κ3) is 15.6. The number of rotatable bonds is 26. The van der Waals surface area contributed by atoms with E-state index in [0.717, 1.165) is 22.3 Å². The molecule has 21 heteroatoms. The van der Waals surface area contributed by atoms with Gasteiger partial charge in [0.1, 0.15) is 36.9 Å². The molecule has 1 aliphatic rings. The number of nitrogens with two attached hydrogens (primary N) is 3. The summed E-state index contributed by atoms with van der Waals surface area (Å²) in [5, 5.41) is 30.8. The van der Waals surface area contributed by atoms with Gasteiger partial charge in [-0.3, -0.25) is 33.6 Å². The second-order valence-electron chi connectivity index (χ2n) is 16.4. The van der Waals surface area contributed by atoms with Crippen LogP contribution in [0.15, 0.2) is 48.5 Å². The lowest BCUT2D eigenvalue weighted by atomic mass is 9.98. The van der Waals surface area contributed by atoms with Gasteiger partial charge in [0.05, 0.1) is 18.9 Å². The zero-order chi connectivity index (χ0) is 47.8. The van der Waals surface area contributed by atoms with Gasteiger partial charge in [-0.1, -0.05) is 76.2 Å². The van der Waals surface area contributed by atoms with E-state index in [1.807, 2.05) is 62.4 Å². The molecule has 0 heterocycles. The highest BCUT2D eigenvalue weighted by Gasteiger charge is 2.36. The van der Waals surface area contributed by atoms with Crippen LogP contribution in [0.25, 0.3) is 11.1 Å². The number of nitrogens with one attached hydrogen (secondary N) is 5. The van der Waals surface area contributed by atoms with Crippen molar-refractivity contribution in [1.82, 2.24) is 26.6 Å². The summed E-state index contributed by atoms with van der Waals surface area (Å²) in [5.74, 6) is -9.46. The number of hydrogen-bond acceptors (Lipinski definition) is 13. The Morgan fingerprint density at radius 3 is 1.80 bits per heavy atom. The number of amides is 6. The highest BCUT2D eigenvalue weighted by molar-refractivity contribution is 5.94. The van der Waals surface area contributed by atoms with Gasteiger partial charge in [0.15, 0.2) is 0 Å². The van der Waals surface area contributed by atoms with E-state index >= 15 is 0 Å². The first-order chi connectivity index (χ1) is 30.1. The number of hydrogen-bond donors (Lipinski definition) is 10. The lowest BCUT2D eigenvalue weighted by Crippen LogP contribution is -2.57. The van der Waals surface area contributed by atoms with Crippen molar-refractivity contribution in [3.63, 3.8) is 0 Å². The van der Waals surface area contributed by atoms with Gasteiger partial charge in [-0.2, -0.15) is 0 Å². The topological polar surface area (TPSA) is 351 Å². The molecule has 0 aliphatic heterocycles. The number of ether oxygens (including phenoxy) is 2. The van der Waals surface area contributed by atoms with E-state index in [1.54, 1.807) is 13.8 Å². The number of benzene rings is 2. The molecule has 2 aromatic carbocycles. The Hall–Kier alpha value is -6.61. The van der Waals surface area contributed by atoms with Crippen molar-refractivity contribution >= 4 is 53.5 Å². The van der Waals surface area contributed by atoms with Crippen molar-refractivity contribution in [1.29, 1.82) is 0 Å². The Kier molecular flexibility index (Phi) is 19.6. The zero-order valence-electron chi connectivity index (χ0n) is 36.5. The SMILES string of the molecule is CC(C)C[C@H](N)[C@H](CN[C@@H](CC(=O)O)C(=O)N[C@@H](C)C(=O)N[C@@H](CCC(=O)O)C(N)=O)OC(=O)[C@H](CC(N)=O)NC(=O)[C@@H](NC(=O)OCC1c2ccccc2-c2ccccc21)C(C)C. The Labute approximate surface area is 370 Å². The number of esters is 1. The Morgan fingerprint density at radius 1 is 0.703 bits per heavy atom. The van der Waals surface area contributed by atoms with E-state index in [1.165, 1.54) is 6.92 Å². The highest BCUT2D eigenvalue weighted by atomic mass is 16.6. The third-order valence-corrected chi connectivity index (χ3v) is 10.4. The molecular weight excluding hydrogens is 837 g/mol. The quantitative estimate of drug-likeness (QED) is 0.0554.